The molecule has 0 bridgehead atoms. The molecule has 4 aromatic carbocycles. The summed E-state index contributed by atoms with van der Waals surface area (Å²) in [7, 11) is -14.7. The van der Waals surface area contributed by atoms with Gasteiger partial charge < -0.3 is 37.2 Å². The van der Waals surface area contributed by atoms with Crippen LogP contribution < -0.4 is 89.1 Å². The van der Waals surface area contributed by atoms with Gasteiger partial charge in [0.25, 0.3) is 0 Å². The summed E-state index contributed by atoms with van der Waals surface area (Å²) in [5.74, 6) is 0. The first-order valence-corrected chi connectivity index (χ1v) is 45.5. The molecular weight excluding hydrogens is 963 g/mol. The monoisotopic (exact) mass is 1050 g/mol. The summed E-state index contributed by atoms with van der Waals surface area (Å²) in [4.78, 5) is 0. The number of benzene rings is 3. The summed E-state index contributed by atoms with van der Waals surface area (Å²) in [5.41, 5.74) is 15.4. The Kier molecular flexibility index (Phi) is 20.0. The van der Waals surface area contributed by atoms with Crippen LogP contribution in [-0.2, 0) is 21.7 Å². The largest absolute Gasteiger partial charge is 4.00 e. The third-order valence-corrected chi connectivity index (χ3v) is 33.1. The fourth-order valence-electron chi connectivity index (χ4n) is 11.4. The molecule has 0 unspecified atom stereocenters. The number of hydrogen-bond donors (Lipinski definition) is 0. The zero-order chi connectivity index (χ0) is 45.2. The Bertz CT molecular complexity index is 2060. The van der Waals surface area contributed by atoms with Crippen LogP contribution >= 0.6 is 0 Å². The molecule has 0 radical (unpaired) electrons. The van der Waals surface area contributed by atoms with Crippen molar-refractivity contribution in [1.82, 2.24) is 0 Å². The van der Waals surface area contributed by atoms with E-state index in [9.17, 15) is 0 Å². The third-order valence-electron chi connectivity index (χ3n) is 14.1. The first-order valence-electron chi connectivity index (χ1n) is 22.5. The van der Waals surface area contributed by atoms with Gasteiger partial charge in [-0.25, -0.2) is 0 Å². The molecule has 0 N–H and O–H groups in total. The van der Waals surface area contributed by atoms with Crippen LogP contribution in [0.1, 0.15) is 55.6 Å². The predicted octanol–water partition coefficient (Wildman–Crippen LogP) is 0.148. The summed E-state index contributed by atoms with van der Waals surface area (Å²) < 4.78 is 0. The minimum Gasteiger partial charge on any atom is -1.00 e. The van der Waals surface area contributed by atoms with Gasteiger partial charge in [-0.1, -0.05) is 210 Å². The minimum atomic E-state index is -3.19. The standard InChI is InChI=1S/C51H87Si7.3ClH.Ti/c1-32-29-42(49(55(20,21)22)46(35(32)4)52(11,12)13)58(45-40(9)38(7)39(8)41(45)10,43-30-33(2)36(5)47(53(14,15)16)50(43)56(23,24)25)44-31-34(3)37(6)48(54(17,18)19)51(44)57(26,27)28;;;;/h29-31H,1-28H3;3*1H;/q-1;;;;+4/p-3. The van der Waals surface area contributed by atoms with Crippen LogP contribution in [0.4, 0.5) is 0 Å². The van der Waals surface area contributed by atoms with Gasteiger partial charge in [0.2, 0.25) is 0 Å². The van der Waals surface area contributed by atoms with E-state index in [1.807, 2.05) is 15.6 Å². The molecule has 0 amide bonds. The van der Waals surface area contributed by atoms with Crippen molar-refractivity contribution < 1.29 is 58.9 Å². The number of aryl methyl sites for hydroxylation is 3. The summed E-state index contributed by atoms with van der Waals surface area (Å²) in [6.45, 7) is 73.1. The van der Waals surface area contributed by atoms with E-state index < -0.39 is 56.5 Å². The molecule has 0 spiro atoms. The fourth-order valence-corrected chi connectivity index (χ4v) is 41.6. The molecule has 0 aliphatic carbocycles. The molecule has 0 heterocycles. The summed E-state index contributed by atoms with van der Waals surface area (Å²) in [6, 6.07) is 8.55. The molecule has 4 aromatic rings. The van der Waals surface area contributed by atoms with Gasteiger partial charge in [0.05, 0.1) is 48.4 Å². The predicted molar refractivity (Wildman–Crippen MR) is 291 cm³/mol. The van der Waals surface area contributed by atoms with Crippen LogP contribution in [0.5, 0.6) is 0 Å². The van der Waals surface area contributed by atoms with Crippen LogP contribution in [0.2, 0.25) is 118 Å². The Morgan fingerprint density at radius 3 is 0.629 bits per heavy atom. The van der Waals surface area contributed by atoms with Crippen molar-refractivity contribution in [3.05, 3.63) is 73.8 Å². The zero-order valence-corrected chi connectivity index (χ0v) is 55.7. The number of rotatable bonds is 10. The Hall–Kier alpha value is 0.112. The molecular formula is C51H87Cl3Si7Ti. The van der Waals surface area contributed by atoms with Gasteiger partial charge in [0.15, 0.2) is 0 Å². The van der Waals surface area contributed by atoms with E-state index in [4.69, 9.17) is 0 Å². The average molecular weight is 1050 g/mol. The molecule has 0 atom stereocenters. The first kappa shape index (κ1) is 62.1. The van der Waals surface area contributed by atoms with E-state index in [1.54, 1.807) is 64.1 Å². The van der Waals surface area contributed by atoms with E-state index in [-0.39, 0.29) is 58.9 Å². The van der Waals surface area contributed by atoms with E-state index in [0.29, 0.717) is 0 Å². The molecule has 0 aliphatic rings. The maximum atomic E-state index is 2.85. The Morgan fingerprint density at radius 1 is 0.290 bits per heavy atom. The molecule has 344 valence electrons. The smallest absolute Gasteiger partial charge is 1.00 e. The normalized spacial score (nSPS) is 13.0. The molecule has 0 fully saturated rings. The summed E-state index contributed by atoms with van der Waals surface area (Å²) in [5, 5.41) is 17.9. The topological polar surface area (TPSA) is 0 Å². The van der Waals surface area contributed by atoms with E-state index in [0.717, 1.165) is 0 Å². The molecule has 0 nitrogen and oxygen atoms in total. The van der Waals surface area contributed by atoms with E-state index in [2.05, 4.69) is 205 Å². The van der Waals surface area contributed by atoms with Crippen LogP contribution in [0.15, 0.2) is 18.2 Å². The maximum absolute atomic E-state index is 3.19. The van der Waals surface area contributed by atoms with Crippen molar-refractivity contribution in [2.45, 2.75) is 187 Å². The first-order chi connectivity index (χ1) is 25.8. The Morgan fingerprint density at radius 2 is 0.468 bits per heavy atom. The second-order valence-electron chi connectivity index (χ2n) is 25.0. The second-order valence-corrected chi connectivity index (χ2v) is 58.6. The van der Waals surface area contributed by atoms with Crippen molar-refractivity contribution in [2.75, 3.05) is 0 Å². The molecule has 0 aliphatic heterocycles. The van der Waals surface area contributed by atoms with Crippen LogP contribution in [-0.4, -0.2) is 56.5 Å². The van der Waals surface area contributed by atoms with Crippen molar-refractivity contribution in [3.8, 4) is 0 Å². The Balaban J connectivity index is 0.00000930. The quantitative estimate of drug-likeness (QED) is 0.121. The van der Waals surface area contributed by atoms with Crippen molar-refractivity contribution in [1.29, 1.82) is 0 Å². The van der Waals surface area contributed by atoms with Gasteiger partial charge in [-0.2, -0.15) is 22.3 Å². The van der Waals surface area contributed by atoms with Crippen LogP contribution in [0.25, 0.3) is 0 Å². The molecule has 0 aromatic heterocycles. The molecule has 0 saturated heterocycles. The SMILES string of the molecule is Cc1cc([Si](c2cc(C)c(C)c([Si](C)(C)C)c2[Si](C)(C)C)(c2cc(C)c(C)c([Si](C)(C)C)c2[Si](C)(C)C)[c-]2c(C)c(C)c(C)c2C)c([Si](C)(C)C)c([Si](C)(C)C)c1C.[Cl-].[Cl-].[Cl-].[Ti+4]. The minimum absolute atomic E-state index is 0. The van der Waals surface area contributed by atoms with Gasteiger partial charge in [-0.3, -0.25) is 0 Å². The van der Waals surface area contributed by atoms with E-state index in [1.165, 1.54) is 27.8 Å². The van der Waals surface area contributed by atoms with Gasteiger partial charge >= 0.3 is 21.7 Å². The molecule has 4 rings (SSSR count). The van der Waals surface area contributed by atoms with Gasteiger partial charge in [-0.05, 0) is 74.9 Å². The van der Waals surface area contributed by atoms with Gasteiger partial charge in [-0.15, -0.1) is 5.19 Å². The van der Waals surface area contributed by atoms with Gasteiger partial charge in [0, 0.05) is 0 Å². The fraction of sp³-hybridized carbons (Fsp3) is 0.549. The Labute approximate surface area is 424 Å². The van der Waals surface area contributed by atoms with Crippen molar-refractivity contribution in [3.63, 3.8) is 0 Å². The summed E-state index contributed by atoms with van der Waals surface area (Å²) in [6.07, 6.45) is 0. The third kappa shape index (κ3) is 10.7. The van der Waals surface area contributed by atoms with Gasteiger partial charge in [0.1, 0.15) is 8.07 Å². The number of halogens is 3. The second kappa shape index (κ2) is 20.0. The van der Waals surface area contributed by atoms with E-state index >= 15 is 0 Å². The maximum Gasteiger partial charge on any atom is 4.00 e. The molecule has 11 heteroatoms. The molecule has 0 saturated carbocycles. The van der Waals surface area contributed by atoms with Crippen LogP contribution in [0, 0.1) is 69.2 Å². The zero-order valence-electron chi connectivity index (χ0n) is 44.9. The average Bonchev–Trinajstić information content (AvgIpc) is 3.20. The van der Waals surface area contributed by atoms with Crippen molar-refractivity contribution in [2.24, 2.45) is 0 Å². The molecule has 62 heavy (non-hydrogen) atoms. The number of hydrogen-bond acceptors (Lipinski definition) is 0. The van der Waals surface area contributed by atoms with Crippen molar-refractivity contribution >= 4 is 108 Å². The summed E-state index contributed by atoms with van der Waals surface area (Å²) >= 11 is 0. The van der Waals surface area contributed by atoms with Crippen LogP contribution in [0.3, 0.4) is 0 Å².